The van der Waals surface area contributed by atoms with Gasteiger partial charge < -0.3 is 4.90 Å². The van der Waals surface area contributed by atoms with Gasteiger partial charge in [-0.2, -0.15) is 5.10 Å². The molecule has 3 rings (SSSR count). The van der Waals surface area contributed by atoms with Crippen LogP contribution in [0.15, 0.2) is 12.3 Å². The minimum Gasteiger partial charge on any atom is -0.317 e. The first-order valence-corrected chi connectivity index (χ1v) is 7.32. The highest BCUT2D eigenvalue weighted by atomic mass is 16.2. The van der Waals surface area contributed by atoms with Gasteiger partial charge in [-0.1, -0.05) is 26.0 Å². The molecule has 0 aliphatic carbocycles. The van der Waals surface area contributed by atoms with Gasteiger partial charge in [-0.3, -0.25) is 10.00 Å². The number of amides is 2. The van der Waals surface area contributed by atoms with Gasteiger partial charge >= 0.3 is 6.03 Å². The lowest BCUT2D eigenvalue weighted by molar-refractivity contribution is 0.194. The second-order valence-electron chi connectivity index (χ2n) is 6.59. The molecule has 8 nitrogen and oxygen atoms in total. The number of hydrogen-bond acceptors (Lipinski definition) is 4. The Morgan fingerprint density at radius 1 is 1.32 bits per heavy atom. The van der Waals surface area contributed by atoms with E-state index in [-0.39, 0.29) is 11.4 Å². The summed E-state index contributed by atoms with van der Waals surface area (Å²) in [6.07, 6.45) is 1.53. The van der Waals surface area contributed by atoms with Crippen molar-refractivity contribution in [3.05, 3.63) is 23.7 Å². The van der Waals surface area contributed by atoms with Crippen LogP contribution < -0.4 is 5.32 Å². The average molecular weight is 303 g/mol. The van der Waals surface area contributed by atoms with Crippen LogP contribution in [0.3, 0.4) is 0 Å². The fraction of sp³-hybridized carbons (Fsp3) is 0.571. The van der Waals surface area contributed by atoms with Gasteiger partial charge in [0.15, 0.2) is 5.82 Å². The Labute approximate surface area is 129 Å². The number of carbonyl (C=O) groups is 1. The lowest BCUT2D eigenvalue weighted by atomic mass is 9.92. The van der Waals surface area contributed by atoms with Gasteiger partial charge in [-0.15, -0.1) is 5.10 Å². The third-order valence-corrected chi connectivity index (χ3v) is 3.80. The van der Waals surface area contributed by atoms with Crippen molar-refractivity contribution < 1.29 is 4.79 Å². The van der Waals surface area contributed by atoms with Gasteiger partial charge in [-0.05, 0) is 6.07 Å². The lowest BCUT2D eigenvalue weighted by Crippen LogP contribution is -2.41. The number of carbonyl (C=O) groups excluding carboxylic acids is 1. The summed E-state index contributed by atoms with van der Waals surface area (Å²) in [5, 5.41) is 15.0. The molecule has 8 heteroatoms. The largest absolute Gasteiger partial charge is 0.323 e. The number of hydrogen-bond donors (Lipinski definition) is 1. The van der Waals surface area contributed by atoms with E-state index in [0.29, 0.717) is 25.5 Å². The fourth-order valence-electron chi connectivity index (χ4n) is 2.40. The summed E-state index contributed by atoms with van der Waals surface area (Å²) in [5.41, 5.74) is 2.13. The average Bonchev–Trinajstić information content (AvgIpc) is 3.04. The maximum Gasteiger partial charge on any atom is 0.323 e. The Balaban J connectivity index is 1.72. The van der Waals surface area contributed by atoms with E-state index < -0.39 is 0 Å². The molecule has 0 saturated heterocycles. The minimum absolute atomic E-state index is 0.0117. The Hall–Kier alpha value is -2.38. The van der Waals surface area contributed by atoms with Crippen LogP contribution in [0.4, 0.5) is 10.6 Å². The summed E-state index contributed by atoms with van der Waals surface area (Å²) in [6, 6.07) is 1.94. The van der Waals surface area contributed by atoms with Crippen LogP contribution in [0.1, 0.15) is 32.2 Å². The predicted octanol–water partition coefficient (Wildman–Crippen LogP) is 1.36. The zero-order valence-corrected chi connectivity index (χ0v) is 13.4. The molecule has 118 valence electrons. The van der Waals surface area contributed by atoms with Crippen LogP contribution in [-0.2, 0) is 25.6 Å². The van der Waals surface area contributed by atoms with Gasteiger partial charge in [0.2, 0.25) is 0 Å². The Morgan fingerprint density at radius 3 is 2.73 bits per heavy atom. The van der Waals surface area contributed by atoms with Gasteiger partial charge in [0.1, 0.15) is 0 Å². The highest BCUT2D eigenvalue weighted by molar-refractivity contribution is 5.88. The van der Waals surface area contributed by atoms with Crippen molar-refractivity contribution >= 4 is 11.8 Å². The molecule has 2 amide bonds. The summed E-state index contributed by atoms with van der Waals surface area (Å²) in [6.45, 7) is 8.32. The van der Waals surface area contributed by atoms with E-state index in [0.717, 1.165) is 11.4 Å². The standard InChI is InChI=1S/C14H21N7O/c1-14(2,3)11-7-10-9-20(5-6-21(10)17-11)13(22)16-12-8-15-18-19(12)4/h7-8H,5-6,9H2,1-4H3,(H,16,22). The van der Waals surface area contributed by atoms with Gasteiger partial charge in [0.25, 0.3) is 0 Å². The van der Waals surface area contributed by atoms with E-state index in [9.17, 15) is 4.79 Å². The monoisotopic (exact) mass is 303 g/mol. The van der Waals surface area contributed by atoms with Gasteiger partial charge in [-0.25, -0.2) is 9.48 Å². The number of anilines is 1. The molecule has 22 heavy (non-hydrogen) atoms. The topological polar surface area (TPSA) is 80.9 Å². The maximum atomic E-state index is 12.3. The third-order valence-electron chi connectivity index (χ3n) is 3.80. The SMILES string of the molecule is Cn1nncc1NC(=O)N1CCn2nc(C(C)(C)C)cc2C1. The molecule has 0 saturated carbocycles. The molecule has 0 atom stereocenters. The van der Waals surface area contributed by atoms with Crippen molar-refractivity contribution in [2.24, 2.45) is 7.05 Å². The van der Waals surface area contributed by atoms with Crippen molar-refractivity contribution in [1.29, 1.82) is 0 Å². The molecule has 0 aromatic carbocycles. The number of rotatable bonds is 1. The summed E-state index contributed by atoms with van der Waals surface area (Å²) in [7, 11) is 1.74. The van der Waals surface area contributed by atoms with E-state index in [1.165, 1.54) is 10.9 Å². The van der Waals surface area contributed by atoms with Crippen LogP contribution in [0.2, 0.25) is 0 Å². The van der Waals surface area contributed by atoms with E-state index in [1.807, 2.05) is 4.68 Å². The van der Waals surface area contributed by atoms with Crippen molar-refractivity contribution in [3.63, 3.8) is 0 Å². The van der Waals surface area contributed by atoms with E-state index in [2.05, 4.69) is 47.6 Å². The van der Waals surface area contributed by atoms with E-state index in [1.54, 1.807) is 11.9 Å². The Bertz CT molecular complexity index is 694. The normalized spacial score (nSPS) is 14.8. The number of nitrogens with zero attached hydrogens (tertiary/aromatic N) is 6. The molecular formula is C14H21N7O. The first-order chi connectivity index (χ1) is 10.3. The third kappa shape index (κ3) is 2.68. The van der Waals surface area contributed by atoms with Crippen LogP contribution in [0.25, 0.3) is 0 Å². The van der Waals surface area contributed by atoms with Gasteiger partial charge in [0, 0.05) is 19.0 Å². The molecule has 0 unspecified atom stereocenters. The second-order valence-corrected chi connectivity index (χ2v) is 6.59. The molecule has 0 bridgehead atoms. The molecule has 3 heterocycles. The highest BCUT2D eigenvalue weighted by Crippen LogP contribution is 2.24. The van der Waals surface area contributed by atoms with Crippen LogP contribution >= 0.6 is 0 Å². The van der Waals surface area contributed by atoms with Crippen LogP contribution in [0.5, 0.6) is 0 Å². The van der Waals surface area contributed by atoms with Crippen LogP contribution in [-0.4, -0.2) is 42.3 Å². The van der Waals surface area contributed by atoms with Crippen LogP contribution in [0, 0.1) is 0 Å². The Morgan fingerprint density at radius 2 is 2.09 bits per heavy atom. The van der Waals surface area contributed by atoms with E-state index in [4.69, 9.17) is 0 Å². The maximum absolute atomic E-state index is 12.3. The molecule has 2 aromatic rings. The summed E-state index contributed by atoms with van der Waals surface area (Å²) in [5.74, 6) is 0.583. The number of aromatic nitrogens is 5. The number of urea groups is 1. The lowest BCUT2D eigenvalue weighted by Gasteiger charge is -2.27. The highest BCUT2D eigenvalue weighted by Gasteiger charge is 2.26. The van der Waals surface area contributed by atoms with Crippen molar-refractivity contribution in [2.75, 3.05) is 11.9 Å². The van der Waals surface area contributed by atoms with Gasteiger partial charge in [0.05, 0.1) is 30.7 Å². The molecule has 0 radical (unpaired) electrons. The number of fused-ring (bicyclic) bond motifs is 1. The minimum atomic E-state index is -0.143. The number of nitrogens with one attached hydrogen (secondary N) is 1. The number of aryl methyl sites for hydroxylation is 1. The smallest absolute Gasteiger partial charge is 0.317 e. The van der Waals surface area contributed by atoms with Crippen molar-refractivity contribution in [3.8, 4) is 0 Å². The summed E-state index contributed by atoms with van der Waals surface area (Å²) < 4.78 is 3.53. The van der Waals surface area contributed by atoms with Crippen molar-refractivity contribution in [2.45, 2.75) is 39.3 Å². The second kappa shape index (κ2) is 5.11. The molecular weight excluding hydrogens is 282 g/mol. The molecule has 1 N–H and O–H groups in total. The quantitative estimate of drug-likeness (QED) is 0.862. The molecule has 0 spiro atoms. The van der Waals surface area contributed by atoms with E-state index >= 15 is 0 Å². The fourth-order valence-corrected chi connectivity index (χ4v) is 2.40. The molecule has 2 aromatic heterocycles. The Kier molecular flexibility index (Phi) is 3.38. The summed E-state index contributed by atoms with van der Waals surface area (Å²) >= 11 is 0. The zero-order valence-electron chi connectivity index (χ0n) is 13.4. The predicted molar refractivity (Wildman–Crippen MR) is 81.4 cm³/mol. The van der Waals surface area contributed by atoms with Crippen molar-refractivity contribution in [1.82, 2.24) is 29.7 Å². The first-order valence-electron chi connectivity index (χ1n) is 7.32. The summed E-state index contributed by atoms with van der Waals surface area (Å²) in [4.78, 5) is 14.1. The zero-order chi connectivity index (χ0) is 15.9. The molecule has 1 aliphatic heterocycles. The molecule has 0 fully saturated rings. The first kappa shape index (κ1) is 14.6. The molecule has 1 aliphatic rings.